The Bertz CT molecular complexity index is 1260. The number of nitrogens with one attached hydrogen (secondary N) is 2. The SMILES string of the molecule is Cc1sc2ncnc(NCCC(=O)Nc3ccc(F)c(F)c3F)c2c1-c1ccccc1. The molecule has 0 aliphatic rings. The van der Waals surface area contributed by atoms with E-state index in [0.717, 1.165) is 38.4 Å². The normalized spacial score (nSPS) is 11.0. The van der Waals surface area contributed by atoms with Gasteiger partial charge in [-0.25, -0.2) is 23.1 Å². The number of thiophene rings is 1. The first-order chi connectivity index (χ1) is 15.0. The highest BCUT2D eigenvalue weighted by Crippen LogP contribution is 2.40. The van der Waals surface area contributed by atoms with E-state index in [4.69, 9.17) is 0 Å². The van der Waals surface area contributed by atoms with Gasteiger partial charge in [0, 0.05) is 23.4 Å². The summed E-state index contributed by atoms with van der Waals surface area (Å²) in [6.45, 7) is 2.22. The van der Waals surface area contributed by atoms with Crippen molar-refractivity contribution in [2.75, 3.05) is 17.2 Å². The molecule has 9 heteroatoms. The predicted octanol–water partition coefficient (Wildman–Crippen LogP) is 5.52. The number of amides is 1. The van der Waals surface area contributed by atoms with E-state index in [2.05, 4.69) is 20.6 Å². The topological polar surface area (TPSA) is 66.9 Å². The number of anilines is 2. The second kappa shape index (κ2) is 8.73. The Hall–Kier alpha value is -3.46. The number of hydrogen-bond donors (Lipinski definition) is 2. The van der Waals surface area contributed by atoms with E-state index >= 15 is 0 Å². The van der Waals surface area contributed by atoms with Gasteiger partial charge >= 0.3 is 0 Å². The zero-order valence-corrected chi connectivity index (χ0v) is 17.2. The first-order valence-electron chi connectivity index (χ1n) is 9.42. The van der Waals surface area contributed by atoms with Crippen LogP contribution < -0.4 is 10.6 Å². The van der Waals surface area contributed by atoms with E-state index in [0.29, 0.717) is 5.82 Å². The lowest BCUT2D eigenvalue weighted by Gasteiger charge is -2.10. The van der Waals surface area contributed by atoms with Crippen LogP contribution in [0.3, 0.4) is 0 Å². The summed E-state index contributed by atoms with van der Waals surface area (Å²) in [5.74, 6) is -4.33. The van der Waals surface area contributed by atoms with Gasteiger partial charge in [-0.3, -0.25) is 4.79 Å². The highest BCUT2D eigenvalue weighted by Gasteiger charge is 2.18. The van der Waals surface area contributed by atoms with Crippen molar-refractivity contribution in [1.82, 2.24) is 9.97 Å². The lowest BCUT2D eigenvalue weighted by molar-refractivity contribution is -0.116. The summed E-state index contributed by atoms with van der Waals surface area (Å²) in [6, 6.07) is 11.6. The van der Waals surface area contributed by atoms with Crippen LogP contribution >= 0.6 is 11.3 Å². The molecule has 0 saturated heterocycles. The molecule has 2 heterocycles. The molecule has 4 rings (SSSR count). The number of benzene rings is 2. The van der Waals surface area contributed by atoms with Crippen LogP contribution in [0.5, 0.6) is 0 Å². The molecule has 158 valence electrons. The molecule has 5 nitrogen and oxygen atoms in total. The number of aromatic nitrogens is 2. The van der Waals surface area contributed by atoms with Crippen LogP contribution in [0.25, 0.3) is 21.3 Å². The number of carbonyl (C=O) groups excluding carboxylic acids is 1. The Balaban J connectivity index is 1.50. The summed E-state index contributed by atoms with van der Waals surface area (Å²) in [4.78, 5) is 22.7. The highest BCUT2D eigenvalue weighted by molar-refractivity contribution is 7.19. The largest absolute Gasteiger partial charge is 0.369 e. The lowest BCUT2D eigenvalue weighted by Crippen LogP contribution is -2.18. The minimum absolute atomic E-state index is 0.0340. The van der Waals surface area contributed by atoms with E-state index in [1.54, 1.807) is 11.3 Å². The summed E-state index contributed by atoms with van der Waals surface area (Å²) in [5.41, 5.74) is 1.65. The zero-order chi connectivity index (χ0) is 22.0. The van der Waals surface area contributed by atoms with Gasteiger partial charge in [-0.1, -0.05) is 30.3 Å². The highest BCUT2D eigenvalue weighted by atomic mass is 32.1. The molecule has 0 saturated carbocycles. The van der Waals surface area contributed by atoms with Crippen molar-refractivity contribution in [3.8, 4) is 11.1 Å². The molecule has 1 amide bonds. The summed E-state index contributed by atoms with van der Waals surface area (Å²) in [7, 11) is 0. The standard InChI is InChI=1S/C22H17F3N4OS/c1-12-17(13-5-3-2-4-6-13)18-21(27-11-28-22(18)31-12)26-10-9-16(30)29-15-8-7-14(23)19(24)20(15)25/h2-8,11H,9-10H2,1H3,(H,29,30)(H,26,27,28). The molecule has 0 radical (unpaired) electrons. The van der Waals surface area contributed by atoms with Crippen molar-refractivity contribution < 1.29 is 18.0 Å². The summed E-state index contributed by atoms with van der Waals surface area (Å²) in [5, 5.41) is 6.25. The van der Waals surface area contributed by atoms with Gasteiger partial charge in [0.2, 0.25) is 5.91 Å². The molecule has 0 atom stereocenters. The van der Waals surface area contributed by atoms with Crippen LogP contribution in [-0.2, 0) is 4.79 Å². The predicted molar refractivity (Wildman–Crippen MR) is 116 cm³/mol. The number of fused-ring (bicyclic) bond motifs is 1. The molecule has 0 aliphatic heterocycles. The molecule has 2 aromatic carbocycles. The maximum atomic E-state index is 13.7. The molecular formula is C22H17F3N4OS. The summed E-state index contributed by atoms with van der Waals surface area (Å²) >= 11 is 1.56. The molecule has 0 spiro atoms. The summed E-state index contributed by atoms with van der Waals surface area (Å²) < 4.78 is 40.1. The maximum Gasteiger partial charge on any atom is 0.226 e. The van der Waals surface area contributed by atoms with Gasteiger partial charge in [-0.2, -0.15) is 0 Å². The van der Waals surface area contributed by atoms with Gasteiger partial charge < -0.3 is 10.6 Å². The van der Waals surface area contributed by atoms with Gasteiger partial charge in [0.1, 0.15) is 17.0 Å². The van der Waals surface area contributed by atoms with Crippen molar-refractivity contribution >= 4 is 39.0 Å². The average Bonchev–Trinajstić information content (AvgIpc) is 3.11. The third kappa shape index (κ3) is 4.22. The van der Waals surface area contributed by atoms with Crippen molar-refractivity contribution in [2.45, 2.75) is 13.3 Å². The van der Waals surface area contributed by atoms with Gasteiger partial charge in [0.25, 0.3) is 0 Å². The minimum atomic E-state index is -1.62. The Kier molecular flexibility index (Phi) is 5.85. The fourth-order valence-electron chi connectivity index (χ4n) is 3.26. The third-order valence-electron chi connectivity index (χ3n) is 4.68. The van der Waals surface area contributed by atoms with E-state index in [1.807, 2.05) is 37.3 Å². The molecule has 0 fully saturated rings. The second-order valence-corrected chi connectivity index (χ2v) is 7.95. The van der Waals surface area contributed by atoms with Gasteiger partial charge in [-0.05, 0) is 24.6 Å². The summed E-state index contributed by atoms with van der Waals surface area (Å²) in [6.07, 6.45) is 1.42. The molecule has 0 aliphatic carbocycles. The number of carbonyl (C=O) groups is 1. The van der Waals surface area contributed by atoms with Crippen LogP contribution in [-0.4, -0.2) is 22.4 Å². The number of rotatable bonds is 6. The lowest BCUT2D eigenvalue weighted by atomic mass is 10.0. The van der Waals surface area contributed by atoms with Crippen LogP contribution in [0.4, 0.5) is 24.7 Å². The number of aryl methyl sites for hydroxylation is 1. The van der Waals surface area contributed by atoms with Crippen molar-refractivity contribution in [1.29, 1.82) is 0 Å². The monoisotopic (exact) mass is 442 g/mol. The second-order valence-electron chi connectivity index (χ2n) is 6.75. The first kappa shape index (κ1) is 20.8. The van der Waals surface area contributed by atoms with E-state index in [1.165, 1.54) is 6.33 Å². The van der Waals surface area contributed by atoms with Gasteiger partial charge in [0.05, 0.1) is 11.1 Å². The first-order valence-corrected chi connectivity index (χ1v) is 10.2. The fraction of sp³-hybridized carbons (Fsp3) is 0.136. The zero-order valence-electron chi connectivity index (χ0n) is 16.4. The Morgan fingerprint density at radius 2 is 1.81 bits per heavy atom. The molecular weight excluding hydrogens is 425 g/mol. The Labute approximate surface area is 180 Å². The third-order valence-corrected chi connectivity index (χ3v) is 5.69. The molecule has 2 N–H and O–H groups in total. The van der Waals surface area contributed by atoms with Crippen molar-refractivity contribution in [3.63, 3.8) is 0 Å². The number of hydrogen-bond acceptors (Lipinski definition) is 5. The van der Waals surface area contributed by atoms with E-state index in [-0.39, 0.29) is 13.0 Å². The van der Waals surface area contributed by atoms with Crippen LogP contribution in [0.15, 0.2) is 48.8 Å². The molecule has 31 heavy (non-hydrogen) atoms. The maximum absolute atomic E-state index is 13.7. The number of nitrogens with zero attached hydrogens (tertiary/aromatic N) is 2. The minimum Gasteiger partial charge on any atom is -0.369 e. The molecule has 2 aromatic heterocycles. The quantitative estimate of drug-likeness (QED) is 0.386. The average molecular weight is 442 g/mol. The van der Waals surface area contributed by atoms with Gasteiger partial charge in [-0.15, -0.1) is 11.3 Å². The van der Waals surface area contributed by atoms with Gasteiger partial charge in [0.15, 0.2) is 17.5 Å². The molecule has 0 bridgehead atoms. The smallest absolute Gasteiger partial charge is 0.226 e. The fourth-order valence-corrected chi connectivity index (χ4v) is 4.27. The van der Waals surface area contributed by atoms with Crippen molar-refractivity contribution in [3.05, 3.63) is 71.1 Å². The molecule has 4 aromatic rings. The van der Waals surface area contributed by atoms with E-state index < -0.39 is 29.0 Å². The van der Waals surface area contributed by atoms with Crippen LogP contribution in [0.2, 0.25) is 0 Å². The Morgan fingerprint density at radius 1 is 1.03 bits per heavy atom. The number of halogens is 3. The van der Waals surface area contributed by atoms with E-state index in [9.17, 15) is 18.0 Å². The molecule has 0 unspecified atom stereocenters. The van der Waals surface area contributed by atoms with Crippen molar-refractivity contribution in [2.24, 2.45) is 0 Å². The van der Waals surface area contributed by atoms with Crippen LogP contribution in [0.1, 0.15) is 11.3 Å². The van der Waals surface area contributed by atoms with Crippen LogP contribution in [0, 0.1) is 24.4 Å². The Morgan fingerprint density at radius 3 is 2.58 bits per heavy atom.